The molecule has 1 aliphatic heterocycles. The van der Waals surface area contributed by atoms with E-state index < -0.39 is 0 Å². The van der Waals surface area contributed by atoms with Crippen molar-refractivity contribution >= 4 is 29.3 Å². The fraction of sp³-hybridized carbons (Fsp3) is 0.529. The van der Waals surface area contributed by atoms with Crippen LogP contribution in [0.4, 0.5) is 5.95 Å². The first-order chi connectivity index (χ1) is 11.6. The van der Waals surface area contributed by atoms with Crippen molar-refractivity contribution in [2.24, 2.45) is 5.92 Å². The maximum absolute atomic E-state index is 5.95. The number of rotatable bonds is 6. The summed E-state index contributed by atoms with van der Waals surface area (Å²) in [6, 6.07) is 7.97. The van der Waals surface area contributed by atoms with Gasteiger partial charge in [0.2, 0.25) is 5.95 Å². The minimum absolute atomic E-state index is 0.538. The van der Waals surface area contributed by atoms with Crippen molar-refractivity contribution in [1.82, 2.24) is 14.8 Å². The summed E-state index contributed by atoms with van der Waals surface area (Å²) < 4.78 is 7.70. The van der Waals surface area contributed by atoms with Crippen LogP contribution in [0.2, 0.25) is 5.02 Å². The first-order valence-corrected chi connectivity index (χ1v) is 9.63. The molecule has 1 aromatic heterocycles. The molecule has 0 amide bonds. The van der Waals surface area contributed by atoms with Gasteiger partial charge >= 0.3 is 0 Å². The van der Waals surface area contributed by atoms with Crippen LogP contribution in [0.1, 0.15) is 19.4 Å². The van der Waals surface area contributed by atoms with E-state index >= 15 is 0 Å². The Morgan fingerprint density at radius 1 is 1.17 bits per heavy atom. The van der Waals surface area contributed by atoms with E-state index in [1.54, 1.807) is 11.8 Å². The van der Waals surface area contributed by atoms with E-state index in [9.17, 15) is 0 Å². The van der Waals surface area contributed by atoms with Crippen molar-refractivity contribution in [2.45, 2.75) is 31.3 Å². The number of thioether (sulfide) groups is 1. The zero-order chi connectivity index (χ0) is 16.9. The van der Waals surface area contributed by atoms with Crippen molar-refractivity contribution in [2.75, 3.05) is 31.2 Å². The van der Waals surface area contributed by atoms with Gasteiger partial charge in [-0.15, -0.1) is 10.2 Å². The van der Waals surface area contributed by atoms with Gasteiger partial charge < -0.3 is 9.64 Å². The summed E-state index contributed by atoms with van der Waals surface area (Å²) >= 11 is 7.67. The first-order valence-electron chi connectivity index (χ1n) is 8.26. The predicted octanol–water partition coefficient (Wildman–Crippen LogP) is 3.72. The van der Waals surface area contributed by atoms with Gasteiger partial charge in [-0.2, -0.15) is 0 Å². The standard InChI is InChI=1S/C17H23ClN4OS/c1-13(2)11-22-16(21-7-9-23-10-8-21)19-20-17(22)24-12-14-3-5-15(18)6-4-14/h3-6,13H,7-12H2,1-2H3. The van der Waals surface area contributed by atoms with Gasteiger partial charge in [0, 0.05) is 30.4 Å². The lowest BCUT2D eigenvalue weighted by molar-refractivity contribution is 0.121. The number of halogens is 1. The molecular weight excluding hydrogens is 344 g/mol. The highest BCUT2D eigenvalue weighted by Gasteiger charge is 2.21. The molecule has 1 aliphatic rings. The van der Waals surface area contributed by atoms with Gasteiger partial charge in [-0.05, 0) is 23.6 Å². The van der Waals surface area contributed by atoms with Crippen molar-refractivity contribution in [3.8, 4) is 0 Å². The van der Waals surface area contributed by atoms with Gasteiger partial charge in [0.15, 0.2) is 5.16 Å². The number of nitrogens with zero attached hydrogens (tertiary/aromatic N) is 4. The van der Waals surface area contributed by atoms with Crippen LogP contribution in [0.5, 0.6) is 0 Å². The van der Waals surface area contributed by atoms with Crippen molar-refractivity contribution in [3.05, 3.63) is 34.9 Å². The van der Waals surface area contributed by atoms with E-state index in [2.05, 4.69) is 45.6 Å². The molecular formula is C17H23ClN4OS. The molecule has 2 aromatic rings. The van der Waals surface area contributed by atoms with Crippen LogP contribution in [0.15, 0.2) is 29.4 Å². The Hall–Kier alpha value is -1.24. The van der Waals surface area contributed by atoms with Crippen molar-refractivity contribution in [3.63, 3.8) is 0 Å². The highest BCUT2D eigenvalue weighted by atomic mass is 35.5. The minimum Gasteiger partial charge on any atom is -0.378 e. The molecule has 0 bridgehead atoms. The van der Waals surface area contributed by atoms with E-state index in [-0.39, 0.29) is 0 Å². The molecule has 1 aromatic carbocycles. The summed E-state index contributed by atoms with van der Waals surface area (Å²) in [6.07, 6.45) is 0. The molecule has 0 unspecified atom stereocenters. The molecule has 2 heterocycles. The van der Waals surface area contributed by atoms with Crippen LogP contribution in [0, 0.1) is 5.92 Å². The van der Waals surface area contributed by atoms with E-state index in [0.717, 1.165) is 54.7 Å². The Balaban J connectivity index is 1.76. The maximum Gasteiger partial charge on any atom is 0.228 e. The summed E-state index contributed by atoms with van der Waals surface area (Å²) in [5, 5.41) is 10.6. The molecule has 0 saturated carbocycles. The Kier molecular flexibility index (Phi) is 6.03. The van der Waals surface area contributed by atoms with Gasteiger partial charge in [-0.1, -0.05) is 49.3 Å². The molecule has 0 N–H and O–H groups in total. The summed E-state index contributed by atoms with van der Waals surface area (Å²) in [5.74, 6) is 2.36. The maximum atomic E-state index is 5.95. The van der Waals surface area contributed by atoms with E-state index in [1.165, 1.54) is 5.56 Å². The molecule has 3 rings (SSSR count). The second-order valence-electron chi connectivity index (χ2n) is 6.30. The lowest BCUT2D eigenvalue weighted by atomic mass is 10.2. The van der Waals surface area contributed by atoms with Crippen LogP contribution < -0.4 is 4.90 Å². The van der Waals surface area contributed by atoms with Crippen LogP contribution in [0.3, 0.4) is 0 Å². The molecule has 130 valence electrons. The molecule has 0 atom stereocenters. The summed E-state index contributed by atoms with van der Waals surface area (Å²) in [5.41, 5.74) is 1.23. The number of hydrogen-bond acceptors (Lipinski definition) is 5. The second-order valence-corrected chi connectivity index (χ2v) is 7.68. The average molecular weight is 367 g/mol. The lowest BCUT2D eigenvalue weighted by Gasteiger charge is -2.28. The number of anilines is 1. The molecule has 5 nitrogen and oxygen atoms in total. The molecule has 1 fully saturated rings. The Labute approximate surface area is 152 Å². The monoisotopic (exact) mass is 366 g/mol. The Morgan fingerprint density at radius 2 is 1.88 bits per heavy atom. The molecule has 24 heavy (non-hydrogen) atoms. The summed E-state index contributed by atoms with van der Waals surface area (Å²) in [4.78, 5) is 2.27. The molecule has 0 spiro atoms. The quantitative estimate of drug-likeness (QED) is 0.729. The lowest BCUT2D eigenvalue weighted by Crippen LogP contribution is -2.38. The molecule has 0 aliphatic carbocycles. The van der Waals surface area contributed by atoms with Crippen LogP contribution in [0.25, 0.3) is 0 Å². The minimum atomic E-state index is 0.538. The SMILES string of the molecule is CC(C)Cn1c(SCc2ccc(Cl)cc2)nnc1N1CCOCC1. The fourth-order valence-electron chi connectivity index (χ4n) is 2.64. The predicted molar refractivity (Wildman–Crippen MR) is 98.9 cm³/mol. The zero-order valence-electron chi connectivity index (χ0n) is 14.1. The van der Waals surface area contributed by atoms with E-state index in [0.29, 0.717) is 5.92 Å². The topological polar surface area (TPSA) is 43.2 Å². The highest BCUT2D eigenvalue weighted by molar-refractivity contribution is 7.98. The molecule has 7 heteroatoms. The van der Waals surface area contributed by atoms with Gasteiger partial charge in [0.1, 0.15) is 0 Å². The van der Waals surface area contributed by atoms with Crippen molar-refractivity contribution < 1.29 is 4.74 Å². The average Bonchev–Trinajstić information content (AvgIpc) is 2.97. The van der Waals surface area contributed by atoms with Crippen LogP contribution >= 0.6 is 23.4 Å². The first kappa shape index (κ1) is 17.6. The Morgan fingerprint density at radius 3 is 2.54 bits per heavy atom. The number of aromatic nitrogens is 3. The summed E-state index contributed by atoms with van der Waals surface area (Å²) in [7, 11) is 0. The number of ether oxygens (including phenoxy) is 1. The van der Waals surface area contributed by atoms with Gasteiger partial charge in [0.05, 0.1) is 13.2 Å². The third-order valence-electron chi connectivity index (χ3n) is 3.82. The zero-order valence-corrected chi connectivity index (χ0v) is 15.7. The van der Waals surface area contributed by atoms with Crippen LogP contribution in [-0.2, 0) is 17.0 Å². The van der Waals surface area contributed by atoms with E-state index in [1.807, 2.05) is 12.1 Å². The number of morpholine rings is 1. The molecule has 1 saturated heterocycles. The van der Waals surface area contributed by atoms with Crippen molar-refractivity contribution in [1.29, 1.82) is 0 Å². The van der Waals surface area contributed by atoms with Crippen LogP contribution in [-0.4, -0.2) is 41.1 Å². The van der Waals surface area contributed by atoms with Gasteiger partial charge in [0.25, 0.3) is 0 Å². The van der Waals surface area contributed by atoms with Gasteiger partial charge in [-0.3, -0.25) is 4.57 Å². The number of hydrogen-bond donors (Lipinski definition) is 0. The van der Waals surface area contributed by atoms with E-state index in [4.69, 9.17) is 16.3 Å². The Bertz CT molecular complexity index is 653. The third-order valence-corrected chi connectivity index (χ3v) is 5.11. The fourth-order valence-corrected chi connectivity index (χ4v) is 3.66. The number of benzene rings is 1. The van der Waals surface area contributed by atoms with Gasteiger partial charge in [-0.25, -0.2) is 0 Å². The smallest absolute Gasteiger partial charge is 0.228 e. The normalized spacial score (nSPS) is 15.2. The highest BCUT2D eigenvalue weighted by Crippen LogP contribution is 2.27. The second kappa shape index (κ2) is 8.23. The molecule has 0 radical (unpaired) electrons. The largest absolute Gasteiger partial charge is 0.378 e. The summed E-state index contributed by atoms with van der Waals surface area (Å²) in [6.45, 7) is 8.61. The third kappa shape index (κ3) is 4.43.